The number of hydrogen-bond acceptors (Lipinski definition) is 3. The molecule has 0 amide bonds. The van der Waals surface area contributed by atoms with Gasteiger partial charge in [0.05, 0.1) is 18.4 Å². The molecule has 0 spiro atoms. The molecular weight excluding hydrogens is 256 g/mol. The van der Waals surface area contributed by atoms with Crippen molar-refractivity contribution in [1.82, 2.24) is 4.98 Å². The van der Waals surface area contributed by atoms with Crippen molar-refractivity contribution < 1.29 is 4.74 Å². The number of anilines is 1. The van der Waals surface area contributed by atoms with Gasteiger partial charge in [0.1, 0.15) is 4.47 Å². The third kappa shape index (κ3) is 2.87. The van der Waals surface area contributed by atoms with E-state index in [4.69, 9.17) is 10.5 Å². The summed E-state index contributed by atoms with van der Waals surface area (Å²) in [4.78, 5) is 4.08. The molecule has 2 N–H and O–H groups in total. The van der Waals surface area contributed by atoms with Crippen LogP contribution in [0.5, 0.6) is 5.88 Å². The van der Waals surface area contributed by atoms with E-state index < -0.39 is 0 Å². The number of nitrogen functional groups attached to an aromatic ring is 1. The van der Waals surface area contributed by atoms with Crippen LogP contribution in [0, 0.1) is 17.8 Å². The number of halogens is 1. The summed E-state index contributed by atoms with van der Waals surface area (Å²) < 4.78 is 5.67. The molecule has 1 heterocycles. The Labute approximate surface area is 98.2 Å². The molecule has 0 aromatic carbocycles. The van der Waals surface area contributed by atoms with Crippen molar-refractivity contribution in [1.29, 1.82) is 0 Å². The maximum Gasteiger partial charge on any atom is 0.229 e. The zero-order chi connectivity index (χ0) is 11.4. The first-order valence-corrected chi connectivity index (χ1v) is 5.35. The molecule has 80 valence electrons. The molecule has 0 bridgehead atoms. The normalized spacial score (nSPS) is 9.67. The minimum atomic E-state index is 0.310. The molecule has 3 nitrogen and oxygen atoms in total. The number of hydrogen-bond donors (Lipinski definition) is 1. The molecule has 0 fully saturated rings. The second-order valence-electron chi connectivity index (χ2n) is 3.33. The minimum Gasteiger partial charge on any atom is -0.480 e. The molecule has 0 aliphatic carbocycles. The molecule has 0 saturated carbocycles. The smallest absolute Gasteiger partial charge is 0.229 e. The Bertz CT molecular complexity index is 419. The summed E-state index contributed by atoms with van der Waals surface area (Å²) in [5.74, 6) is 6.80. The zero-order valence-corrected chi connectivity index (χ0v) is 10.6. The highest BCUT2D eigenvalue weighted by molar-refractivity contribution is 9.10. The highest BCUT2D eigenvalue weighted by Crippen LogP contribution is 2.30. The van der Waals surface area contributed by atoms with E-state index in [-0.39, 0.29) is 0 Å². The van der Waals surface area contributed by atoms with Crippen molar-refractivity contribution >= 4 is 21.6 Å². The van der Waals surface area contributed by atoms with Crippen molar-refractivity contribution in [3.05, 3.63) is 16.2 Å². The van der Waals surface area contributed by atoms with Crippen molar-refractivity contribution in [3.8, 4) is 17.7 Å². The van der Waals surface area contributed by atoms with Crippen molar-refractivity contribution in [3.63, 3.8) is 0 Å². The van der Waals surface area contributed by atoms with Crippen LogP contribution in [0.4, 0.5) is 5.69 Å². The molecule has 4 heteroatoms. The monoisotopic (exact) mass is 268 g/mol. The number of nitrogens with zero attached hydrogens (tertiary/aromatic N) is 1. The molecule has 0 saturated heterocycles. The lowest BCUT2D eigenvalue weighted by Gasteiger charge is -2.05. The first kappa shape index (κ1) is 11.9. The number of rotatable bonds is 1. The van der Waals surface area contributed by atoms with E-state index in [1.54, 1.807) is 13.3 Å². The Kier molecular flexibility index (Phi) is 3.98. The Morgan fingerprint density at radius 3 is 2.73 bits per heavy atom. The van der Waals surface area contributed by atoms with E-state index in [1.165, 1.54) is 0 Å². The summed E-state index contributed by atoms with van der Waals surface area (Å²) in [5, 5.41) is 0. The van der Waals surface area contributed by atoms with Gasteiger partial charge in [-0.25, -0.2) is 4.98 Å². The highest BCUT2D eigenvalue weighted by atomic mass is 79.9. The first-order chi connectivity index (χ1) is 7.06. The molecule has 1 aromatic heterocycles. The average molecular weight is 269 g/mol. The van der Waals surface area contributed by atoms with Crippen LogP contribution >= 0.6 is 15.9 Å². The molecule has 15 heavy (non-hydrogen) atoms. The van der Waals surface area contributed by atoms with Gasteiger partial charge in [-0.2, -0.15) is 0 Å². The molecule has 0 aliphatic rings. The molecule has 0 radical (unpaired) electrons. The van der Waals surface area contributed by atoms with Crippen molar-refractivity contribution in [2.75, 3.05) is 12.8 Å². The molecule has 0 atom stereocenters. The standard InChI is InChI=1S/C11H13BrN2O/c1-7(2)4-5-8-6-14-11(15-3)9(12)10(8)13/h6-7H,1-3H3,(H2,13,14). The third-order valence-electron chi connectivity index (χ3n) is 1.71. The van der Waals surface area contributed by atoms with E-state index in [0.717, 1.165) is 5.56 Å². The van der Waals surface area contributed by atoms with Crippen LogP contribution in [0.1, 0.15) is 19.4 Å². The highest BCUT2D eigenvalue weighted by Gasteiger charge is 2.08. The van der Waals surface area contributed by atoms with Crippen LogP contribution in [0.2, 0.25) is 0 Å². The predicted molar refractivity (Wildman–Crippen MR) is 64.6 cm³/mol. The second-order valence-corrected chi connectivity index (χ2v) is 4.13. The fraction of sp³-hybridized carbons (Fsp3) is 0.364. The molecular formula is C11H13BrN2O. The predicted octanol–water partition coefficient (Wildman–Crippen LogP) is 2.44. The molecule has 0 aliphatic heterocycles. The lowest BCUT2D eigenvalue weighted by Crippen LogP contribution is -1.97. The van der Waals surface area contributed by atoms with Gasteiger partial charge < -0.3 is 10.5 Å². The topological polar surface area (TPSA) is 48.1 Å². The SMILES string of the molecule is COc1ncc(C#CC(C)C)c(N)c1Br. The van der Waals surface area contributed by atoms with Crippen LogP contribution < -0.4 is 10.5 Å². The number of ether oxygens (including phenoxy) is 1. The quantitative estimate of drug-likeness (QED) is 0.796. The third-order valence-corrected chi connectivity index (χ3v) is 2.48. The van der Waals surface area contributed by atoms with E-state index in [2.05, 4.69) is 32.8 Å². The van der Waals surface area contributed by atoms with Crippen molar-refractivity contribution in [2.45, 2.75) is 13.8 Å². The lowest BCUT2D eigenvalue weighted by molar-refractivity contribution is 0.395. The van der Waals surface area contributed by atoms with Crippen LogP contribution in [0.15, 0.2) is 10.7 Å². The summed E-state index contributed by atoms with van der Waals surface area (Å²) >= 11 is 3.32. The van der Waals surface area contributed by atoms with Gasteiger partial charge in [-0.1, -0.05) is 25.7 Å². The van der Waals surface area contributed by atoms with Gasteiger partial charge in [-0.15, -0.1) is 0 Å². The van der Waals surface area contributed by atoms with Crippen LogP contribution in [-0.4, -0.2) is 12.1 Å². The van der Waals surface area contributed by atoms with Crippen LogP contribution in [-0.2, 0) is 0 Å². The van der Waals surface area contributed by atoms with Gasteiger partial charge in [-0.3, -0.25) is 0 Å². The fourth-order valence-corrected chi connectivity index (χ4v) is 1.42. The van der Waals surface area contributed by atoms with Crippen LogP contribution in [0.3, 0.4) is 0 Å². The summed E-state index contributed by atoms with van der Waals surface area (Å²) in [7, 11) is 1.55. The first-order valence-electron chi connectivity index (χ1n) is 4.55. The van der Waals surface area contributed by atoms with Gasteiger partial charge in [0.15, 0.2) is 0 Å². The Morgan fingerprint density at radius 1 is 1.53 bits per heavy atom. The summed E-state index contributed by atoms with van der Waals surface area (Å²) in [6.07, 6.45) is 1.62. The Morgan fingerprint density at radius 2 is 2.20 bits per heavy atom. The van der Waals surface area contributed by atoms with Gasteiger partial charge >= 0.3 is 0 Å². The van der Waals surface area contributed by atoms with E-state index in [0.29, 0.717) is 22.0 Å². The van der Waals surface area contributed by atoms with E-state index >= 15 is 0 Å². The Hall–Kier alpha value is -1.21. The molecule has 0 unspecified atom stereocenters. The maximum absolute atomic E-state index is 5.88. The largest absolute Gasteiger partial charge is 0.480 e. The number of pyridine rings is 1. The van der Waals surface area contributed by atoms with Gasteiger partial charge in [0.2, 0.25) is 5.88 Å². The fourth-order valence-electron chi connectivity index (χ4n) is 0.947. The van der Waals surface area contributed by atoms with E-state index in [9.17, 15) is 0 Å². The summed E-state index contributed by atoms with van der Waals surface area (Å²) in [5.41, 5.74) is 7.16. The van der Waals surface area contributed by atoms with Gasteiger partial charge in [0.25, 0.3) is 0 Å². The molecule has 1 aromatic rings. The number of methoxy groups -OCH3 is 1. The van der Waals surface area contributed by atoms with E-state index in [1.807, 2.05) is 13.8 Å². The minimum absolute atomic E-state index is 0.310. The van der Waals surface area contributed by atoms with Gasteiger partial charge in [-0.05, 0) is 15.9 Å². The zero-order valence-electron chi connectivity index (χ0n) is 8.97. The summed E-state index contributed by atoms with van der Waals surface area (Å²) in [6, 6.07) is 0. The Balaban J connectivity index is 3.14. The van der Waals surface area contributed by atoms with Crippen LogP contribution in [0.25, 0.3) is 0 Å². The molecule has 1 rings (SSSR count). The maximum atomic E-state index is 5.88. The lowest BCUT2D eigenvalue weighted by atomic mass is 10.2. The second kappa shape index (κ2) is 5.04. The summed E-state index contributed by atoms with van der Waals surface area (Å²) in [6.45, 7) is 4.05. The number of nitrogens with two attached hydrogens (primary N) is 1. The van der Waals surface area contributed by atoms with Gasteiger partial charge in [0, 0.05) is 12.1 Å². The number of aromatic nitrogens is 1. The average Bonchev–Trinajstić information content (AvgIpc) is 2.20. The van der Waals surface area contributed by atoms with Crippen molar-refractivity contribution in [2.24, 2.45) is 5.92 Å².